The second-order valence-corrected chi connectivity index (χ2v) is 2.85. The van der Waals surface area contributed by atoms with Crippen LogP contribution in [0.15, 0.2) is 24.3 Å². The van der Waals surface area contributed by atoms with Gasteiger partial charge in [-0.3, -0.25) is 0 Å². The first kappa shape index (κ1) is 10.8. The van der Waals surface area contributed by atoms with Crippen LogP contribution in [0.1, 0.15) is 32.6 Å². The minimum atomic E-state index is 0.722. The molecule has 0 aromatic heterocycles. The molecule has 0 aromatic carbocycles. The molecule has 1 heteroatoms. The predicted octanol–water partition coefficient (Wildman–Crippen LogP) is 3.92. The first-order valence-electron chi connectivity index (χ1n) is 4.29. The lowest BCUT2D eigenvalue weighted by Gasteiger charge is -1.85. The summed E-state index contributed by atoms with van der Waals surface area (Å²) < 4.78 is 0. The summed E-state index contributed by atoms with van der Waals surface area (Å²) in [5, 5.41) is 0. The number of hydrogen-bond acceptors (Lipinski definition) is 0. The highest BCUT2D eigenvalue weighted by molar-refractivity contribution is 6.17. The van der Waals surface area contributed by atoms with E-state index in [2.05, 4.69) is 31.2 Å². The van der Waals surface area contributed by atoms with Crippen molar-refractivity contribution < 1.29 is 0 Å². The number of hydrogen-bond donors (Lipinski definition) is 0. The number of halogens is 1. The maximum atomic E-state index is 5.49. The highest BCUT2D eigenvalue weighted by Crippen LogP contribution is 1.95. The predicted molar refractivity (Wildman–Crippen MR) is 53.1 cm³/mol. The van der Waals surface area contributed by atoms with E-state index in [9.17, 15) is 0 Å². The molecule has 0 rings (SSSR count). The second kappa shape index (κ2) is 9.77. The van der Waals surface area contributed by atoms with E-state index in [0.717, 1.165) is 12.3 Å². The molecule has 64 valence electrons. The molecule has 0 aliphatic rings. The summed E-state index contributed by atoms with van der Waals surface area (Å²) >= 11 is 5.49. The number of allylic oxidation sites excluding steroid dienone is 4. The van der Waals surface area contributed by atoms with Gasteiger partial charge in [0.1, 0.15) is 0 Å². The van der Waals surface area contributed by atoms with Crippen molar-refractivity contribution in [2.45, 2.75) is 32.6 Å². The maximum absolute atomic E-state index is 5.49. The topological polar surface area (TPSA) is 0 Å². The number of rotatable bonds is 6. The summed E-state index contributed by atoms with van der Waals surface area (Å²) in [4.78, 5) is 0. The second-order valence-electron chi connectivity index (χ2n) is 2.48. The van der Waals surface area contributed by atoms with Gasteiger partial charge >= 0.3 is 0 Å². The van der Waals surface area contributed by atoms with Gasteiger partial charge < -0.3 is 0 Å². The van der Waals surface area contributed by atoms with Crippen molar-refractivity contribution in [1.82, 2.24) is 0 Å². The van der Waals surface area contributed by atoms with Crippen molar-refractivity contribution in [2.75, 3.05) is 5.88 Å². The quantitative estimate of drug-likeness (QED) is 0.324. The Morgan fingerprint density at radius 2 is 1.73 bits per heavy atom. The Balaban J connectivity index is 3.14. The van der Waals surface area contributed by atoms with Gasteiger partial charge in [-0.1, -0.05) is 44.1 Å². The van der Waals surface area contributed by atoms with Crippen LogP contribution < -0.4 is 0 Å². The molecule has 0 radical (unpaired) electrons. The molecule has 0 aliphatic carbocycles. The van der Waals surface area contributed by atoms with Crippen molar-refractivity contribution in [1.29, 1.82) is 0 Å². The lowest BCUT2D eigenvalue weighted by Crippen LogP contribution is -1.66. The lowest BCUT2D eigenvalue weighted by atomic mass is 10.2. The van der Waals surface area contributed by atoms with E-state index < -0.39 is 0 Å². The van der Waals surface area contributed by atoms with Crippen LogP contribution in [0.25, 0.3) is 0 Å². The van der Waals surface area contributed by atoms with E-state index in [4.69, 9.17) is 11.6 Å². The average Bonchev–Trinajstić information content (AvgIpc) is 2.03. The molecule has 0 spiro atoms. The summed E-state index contributed by atoms with van der Waals surface area (Å²) in [6, 6.07) is 0. The molecular formula is C10H17Cl. The van der Waals surface area contributed by atoms with Crippen LogP contribution in [0.4, 0.5) is 0 Å². The van der Waals surface area contributed by atoms with Crippen LogP contribution in [-0.2, 0) is 0 Å². The third-order valence-electron chi connectivity index (χ3n) is 1.38. The standard InChI is InChI=1S/C10H17Cl/c1-2-3-4-5-6-7-8-9-10-11/h5-8H,2-4,9-10H2,1H3. The fourth-order valence-electron chi connectivity index (χ4n) is 0.735. The van der Waals surface area contributed by atoms with Crippen LogP contribution in [0.5, 0.6) is 0 Å². The first-order valence-corrected chi connectivity index (χ1v) is 4.83. The van der Waals surface area contributed by atoms with Gasteiger partial charge in [0.2, 0.25) is 0 Å². The highest BCUT2D eigenvalue weighted by atomic mass is 35.5. The minimum absolute atomic E-state index is 0.722. The van der Waals surface area contributed by atoms with Crippen LogP contribution in [-0.4, -0.2) is 5.88 Å². The Hall–Kier alpha value is -0.230. The van der Waals surface area contributed by atoms with Gasteiger partial charge in [-0.2, -0.15) is 0 Å². The van der Waals surface area contributed by atoms with Gasteiger partial charge in [0, 0.05) is 5.88 Å². The summed E-state index contributed by atoms with van der Waals surface area (Å²) in [7, 11) is 0. The highest BCUT2D eigenvalue weighted by Gasteiger charge is 1.75. The molecular weight excluding hydrogens is 156 g/mol. The van der Waals surface area contributed by atoms with Gasteiger partial charge in [0.15, 0.2) is 0 Å². The smallest absolute Gasteiger partial charge is 0.0258 e. The van der Waals surface area contributed by atoms with Crippen molar-refractivity contribution >= 4 is 11.6 Å². The molecule has 11 heavy (non-hydrogen) atoms. The Kier molecular flexibility index (Phi) is 9.57. The van der Waals surface area contributed by atoms with Gasteiger partial charge in [0.25, 0.3) is 0 Å². The summed E-state index contributed by atoms with van der Waals surface area (Å²) in [5.41, 5.74) is 0. The molecule has 0 fully saturated rings. The third-order valence-corrected chi connectivity index (χ3v) is 1.60. The average molecular weight is 173 g/mol. The van der Waals surface area contributed by atoms with E-state index >= 15 is 0 Å². The van der Waals surface area contributed by atoms with E-state index in [1.807, 2.05) is 0 Å². The molecule has 0 nitrogen and oxygen atoms in total. The third kappa shape index (κ3) is 9.77. The fraction of sp³-hybridized carbons (Fsp3) is 0.600. The monoisotopic (exact) mass is 172 g/mol. The molecule has 0 unspecified atom stereocenters. The Morgan fingerprint density at radius 3 is 2.27 bits per heavy atom. The molecule has 0 N–H and O–H groups in total. The van der Waals surface area contributed by atoms with E-state index in [1.54, 1.807) is 0 Å². The first-order chi connectivity index (χ1) is 5.41. The molecule has 0 amide bonds. The van der Waals surface area contributed by atoms with Crippen LogP contribution in [0.3, 0.4) is 0 Å². The normalized spacial score (nSPS) is 11.8. The van der Waals surface area contributed by atoms with E-state index in [1.165, 1.54) is 19.3 Å². The summed E-state index contributed by atoms with van der Waals surface area (Å²) in [6.45, 7) is 2.21. The summed E-state index contributed by atoms with van der Waals surface area (Å²) in [6.07, 6.45) is 13.2. The van der Waals surface area contributed by atoms with Crippen LogP contribution in [0, 0.1) is 0 Å². The van der Waals surface area contributed by atoms with Gasteiger partial charge in [0.05, 0.1) is 0 Å². The van der Waals surface area contributed by atoms with Crippen molar-refractivity contribution in [3.8, 4) is 0 Å². The number of unbranched alkanes of at least 4 members (excludes halogenated alkanes) is 2. The minimum Gasteiger partial charge on any atom is -0.126 e. The Labute approximate surface area is 74.9 Å². The van der Waals surface area contributed by atoms with E-state index in [-0.39, 0.29) is 0 Å². The van der Waals surface area contributed by atoms with Crippen LogP contribution >= 0.6 is 11.6 Å². The molecule has 0 saturated heterocycles. The van der Waals surface area contributed by atoms with Gasteiger partial charge in [-0.15, -0.1) is 11.6 Å². The molecule has 0 atom stereocenters. The molecule has 0 bridgehead atoms. The van der Waals surface area contributed by atoms with Crippen molar-refractivity contribution in [3.05, 3.63) is 24.3 Å². The fourth-order valence-corrected chi connectivity index (χ4v) is 0.861. The zero-order valence-electron chi connectivity index (χ0n) is 7.22. The zero-order valence-corrected chi connectivity index (χ0v) is 7.98. The maximum Gasteiger partial charge on any atom is 0.0258 e. The molecule has 0 heterocycles. The van der Waals surface area contributed by atoms with Gasteiger partial charge in [-0.05, 0) is 12.8 Å². The molecule has 0 aliphatic heterocycles. The van der Waals surface area contributed by atoms with E-state index in [0.29, 0.717) is 0 Å². The van der Waals surface area contributed by atoms with Crippen molar-refractivity contribution in [3.63, 3.8) is 0 Å². The largest absolute Gasteiger partial charge is 0.126 e. The Morgan fingerprint density at radius 1 is 1.09 bits per heavy atom. The SMILES string of the molecule is CCCCC=CC=CCCCl. The van der Waals surface area contributed by atoms with Crippen molar-refractivity contribution in [2.24, 2.45) is 0 Å². The lowest BCUT2D eigenvalue weighted by molar-refractivity contribution is 0.815. The van der Waals surface area contributed by atoms with Crippen LogP contribution in [0.2, 0.25) is 0 Å². The number of alkyl halides is 1. The Bertz CT molecular complexity index is 114. The molecule has 0 saturated carbocycles. The van der Waals surface area contributed by atoms with Gasteiger partial charge in [-0.25, -0.2) is 0 Å². The summed E-state index contributed by atoms with van der Waals surface area (Å²) in [5.74, 6) is 0.722. The zero-order chi connectivity index (χ0) is 8.36. The molecule has 0 aromatic rings.